The van der Waals surface area contributed by atoms with Crippen LogP contribution >= 0.6 is 11.3 Å². The first kappa shape index (κ1) is 21.5. The van der Waals surface area contributed by atoms with Crippen molar-refractivity contribution in [3.05, 3.63) is 36.1 Å². The zero-order chi connectivity index (χ0) is 22.3. The second kappa shape index (κ2) is 8.07. The molecule has 0 radical (unpaired) electrons. The van der Waals surface area contributed by atoms with Crippen molar-refractivity contribution in [1.82, 2.24) is 9.88 Å². The standard InChI is InChI=1S/C23H26FN3O3S/c1-23(2,3)30-22(29)27(4)16-8-5-14(12-16)20(28)26-21-25-18-10-6-13-11-15(24)7-9-17(13)19(18)31-21/h6-7,9-11,14,16H,5,8,12H2,1-4H3,(H,25,26,28)/t14-,16+/m0/s1. The molecule has 1 aliphatic rings. The molecule has 1 saturated carbocycles. The van der Waals surface area contributed by atoms with Crippen molar-refractivity contribution >= 4 is 49.5 Å². The molecule has 6 nitrogen and oxygen atoms in total. The Balaban J connectivity index is 1.43. The number of nitrogens with one attached hydrogen (secondary N) is 1. The lowest BCUT2D eigenvalue weighted by Crippen LogP contribution is -2.40. The number of halogens is 1. The Kier molecular flexibility index (Phi) is 5.60. The van der Waals surface area contributed by atoms with E-state index >= 15 is 0 Å². The quantitative estimate of drug-likeness (QED) is 0.575. The van der Waals surface area contributed by atoms with Gasteiger partial charge in [0.2, 0.25) is 5.91 Å². The van der Waals surface area contributed by atoms with Gasteiger partial charge in [0, 0.05) is 24.4 Å². The van der Waals surface area contributed by atoms with Crippen molar-refractivity contribution < 1.29 is 18.7 Å². The highest BCUT2D eigenvalue weighted by molar-refractivity contribution is 7.23. The second-order valence-electron chi connectivity index (χ2n) is 9.04. The first-order chi connectivity index (χ1) is 14.6. The first-order valence-electron chi connectivity index (χ1n) is 10.4. The van der Waals surface area contributed by atoms with Gasteiger partial charge < -0.3 is 15.0 Å². The van der Waals surface area contributed by atoms with Crippen LogP contribution < -0.4 is 5.32 Å². The number of thiazole rings is 1. The van der Waals surface area contributed by atoms with Crippen LogP contribution in [-0.2, 0) is 9.53 Å². The first-order valence-corrected chi connectivity index (χ1v) is 11.2. The molecule has 1 N–H and O–H groups in total. The van der Waals surface area contributed by atoms with Gasteiger partial charge in [0.1, 0.15) is 11.4 Å². The summed E-state index contributed by atoms with van der Waals surface area (Å²) in [7, 11) is 1.72. The highest BCUT2D eigenvalue weighted by Crippen LogP contribution is 2.35. The van der Waals surface area contributed by atoms with E-state index in [-0.39, 0.29) is 29.8 Å². The Morgan fingerprint density at radius 1 is 1.23 bits per heavy atom. The van der Waals surface area contributed by atoms with Gasteiger partial charge in [0.15, 0.2) is 5.13 Å². The van der Waals surface area contributed by atoms with Gasteiger partial charge in [0.25, 0.3) is 0 Å². The van der Waals surface area contributed by atoms with Crippen molar-refractivity contribution in [1.29, 1.82) is 0 Å². The summed E-state index contributed by atoms with van der Waals surface area (Å²) < 4.78 is 19.9. The number of carbonyl (C=O) groups excluding carboxylic acids is 2. The SMILES string of the molecule is CN(C(=O)OC(C)(C)C)[C@@H]1CC[C@H](C(=O)Nc2nc3ccc4cc(F)ccc4c3s2)C1. The number of ether oxygens (including phenoxy) is 1. The summed E-state index contributed by atoms with van der Waals surface area (Å²) in [6.45, 7) is 5.50. The van der Waals surface area contributed by atoms with Crippen LogP contribution in [-0.4, -0.2) is 40.6 Å². The molecule has 4 rings (SSSR count). The Bertz CT molecular complexity index is 1150. The van der Waals surface area contributed by atoms with E-state index in [1.165, 1.54) is 23.5 Å². The van der Waals surface area contributed by atoms with Crippen molar-refractivity contribution in [2.75, 3.05) is 12.4 Å². The molecule has 1 aliphatic carbocycles. The lowest BCUT2D eigenvalue weighted by atomic mass is 10.1. The molecule has 0 aliphatic heterocycles. The van der Waals surface area contributed by atoms with E-state index in [0.29, 0.717) is 18.0 Å². The predicted octanol–water partition coefficient (Wildman–Crippen LogP) is 5.56. The minimum Gasteiger partial charge on any atom is -0.444 e. The average Bonchev–Trinajstić information content (AvgIpc) is 3.32. The van der Waals surface area contributed by atoms with Gasteiger partial charge in [-0.15, -0.1) is 0 Å². The minimum absolute atomic E-state index is 0.0280. The van der Waals surface area contributed by atoms with Crippen LogP contribution in [0.3, 0.4) is 0 Å². The lowest BCUT2D eigenvalue weighted by molar-refractivity contribution is -0.119. The number of fused-ring (bicyclic) bond motifs is 3. The Hall–Kier alpha value is -2.74. The molecule has 3 aromatic rings. The number of benzene rings is 2. The van der Waals surface area contributed by atoms with E-state index in [9.17, 15) is 14.0 Å². The molecule has 2 aromatic carbocycles. The molecule has 0 saturated heterocycles. The molecule has 1 aromatic heterocycles. The van der Waals surface area contributed by atoms with Crippen molar-refractivity contribution in [2.45, 2.75) is 51.7 Å². The maximum absolute atomic E-state index is 13.5. The topological polar surface area (TPSA) is 71.5 Å². The van der Waals surface area contributed by atoms with E-state index in [4.69, 9.17) is 4.74 Å². The molecule has 0 spiro atoms. The van der Waals surface area contributed by atoms with Crippen molar-refractivity contribution in [3.8, 4) is 0 Å². The molecular weight excluding hydrogens is 417 g/mol. The fraction of sp³-hybridized carbons (Fsp3) is 0.435. The molecule has 0 unspecified atom stereocenters. The molecule has 31 heavy (non-hydrogen) atoms. The Morgan fingerprint density at radius 3 is 2.74 bits per heavy atom. The number of anilines is 1. The molecule has 0 bridgehead atoms. The number of nitrogens with zero attached hydrogens (tertiary/aromatic N) is 2. The van der Waals surface area contributed by atoms with Gasteiger partial charge in [-0.25, -0.2) is 14.2 Å². The van der Waals surface area contributed by atoms with Crippen LogP contribution in [0.4, 0.5) is 14.3 Å². The molecule has 8 heteroatoms. The van der Waals surface area contributed by atoms with Crippen LogP contribution in [0.2, 0.25) is 0 Å². The number of amides is 2. The zero-order valence-corrected chi connectivity index (χ0v) is 18.9. The number of hydrogen-bond donors (Lipinski definition) is 1. The fourth-order valence-electron chi connectivity index (χ4n) is 3.98. The van der Waals surface area contributed by atoms with Gasteiger partial charge in [-0.1, -0.05) is 17.4 Å². The van der Waals surface area contributed by atoms with Crippen LogP contribution in [0, 0.1) is 11.7 Å². The normalized spacial score (nSPS) is 19.0. The van der Waals surface area contributed by atoms with Gasteiger partial charge in [-0.05, 0) is 69.7 Å². The third-order valence-electron chi connectivity index (χ3n) is 5.57. The smallest absolute Gasteiger partial charge is 0.410 e. The van der Waals surface area contributed by atoms with Crippen LogP contribution in [0.1, 0.15) is 40.0 Å². The Morgan fingerprint density at radius 2 is 2.00 bits per heavy atom. The highest BCUT2D eigenvalue weighted by atomic mass is 32.1. The second-order valence-corrected chi connectivity index (χ2v) is 10.0. The molecule has 164 valence electrons. The summed E-state index contributed by atoms with van der Waals surface area (Å²) >= 11 is 1.39. The van der Waals surface area contributed by atoms with Crippen LogP contribution in [0.5, 0.6) is 0 Å². The summed E-state index contributed by atoms with van der Waals surface area (Å²) in [5, 5.41) is 5.18. The monoisotopic (exact) mass is 443 g/mol. The number of carbonyl (C=O) groups is 2. The summed E-state index contributed by atoms with van der Waals surface area (Å²) in [4.78, 5) is 31.3. The summed E-state index contributed by atoms with van der Waals surface area (Å²) in [5.41, 5.74) is 0.220. The van der Waals surface area contributed by atoms with Crippen LogP contribution in [0.25, 0.3) is 21.0 Å². The molecule has 1 heterocycles. The number of rotatable bonds is 3. The van der Waals surface area contributed by atoms with E-state index in [1.54, 1.807) is 18.0 Å². The fourth-order valence-corrected chi connectivity index (χ4v) is 4.98. The Labute approximate surface area is 184 Å². The molecular formula is C23H26FN3O3S. The van der Waals surface area contributed by atoms with Gasteiger partial charge in [0.05, 0.1) is 10.2 Å². The van der Waals surface area contributed by atoms with Crippen molar-refractivity contribution in [3.63, 3.8) is 0 Å². The third-order valence-corrected chi connectivity index (χ3v) is 6.59. The molecule has 1 fully saturated rings. The third kappa shape index (κ3) is 4.63. The summed E-state index contributed by atoms with van der Waals surface area (Å²) in [5.74, 6) is -0.556. The maximum atomic E-state index is 13.5. The zero-order valence-electron chi connectivity index (χ0n) is 18.1. The molecule has 2 amide bonds. The van der Waals surface area contributed by atoms with Gasteiger partial charge in [-0.3, -0.25) is 4.79 Å². The summed E-state index contributed by atoms with van der Waals surface area (Å²) in [6.07, 6.45) is 1.68. The predicted molar refractivity (Wildman–Crippen MR) is 121 cm³/mol. The largest absolute Gasteiger partial charge is 0.444 e. The minimum atomic E-state index is -0.552. The number of aromatic nitrogens is 1. The van der Waals surface area contributed by atoms with Gasteiger partial charge >= 0.3 is 6.09 Å². The maximum Gasteiger partial charge on any atom is 0.410 e. The highest BCUT2D eigenvalue weighted by Gasteiger charge is 2.35. The summed E-state index contributed by atoms with van der Waals surface area (Å²) in [6, 6.07) is 8.31. The van der Waals surface area contributed by atoms with Crippen LogP contribution in [0.15, 0.2) is 30.3 Å². The van der Waals surface area contributed by atoms with E-state index in [1.807, 2.05) is 32.9 Å². The lowest BCUT2D eigenvalue weighted by Gasteiger charge is -2.28. The van der Waals surface area contributed by atoms with E-state index in [2.05, 4.69) is 10.3 Å². The molecule has 2 atom stereocenters. The van der Waals surface area contributed by atoms with Crippen molar-refractivity contribution in [2.24, 2.45) is 5.92 Å². The van der Waals surface area contributed by atoms with E-state index in [0.717, 1.165) is 27.4 Å². The van der Waals surface area contributed by atoms with Gasteiger partial charge in [-0.2, -0.15) is 0 Å². The van der Waals surface area contributed by atoms with E-state index < -0.39 is 5.60 Å². The number of hydrogen-bond acceptors (Lipinski definition) is 5. The average molecular weight is 444 g/mol.